The van der Waals surface area contributed by atoms with Crippen LogP contribution in [0.1, 0.15) is 81.8 Å². The van der Waals surface area contributed by atoms with Gasteiger partial charge in [-0.05, 0) is 75.6 Å². The number of hydrogen-bond acceptors (Lipinski definition) is 5. The Bertz CT molecular complexity index is 1070. The summed E-state index contributed by atoms with van der Waals surface area (Å²) in [5.41, 5.74) is 3.48. The monoisotopic (exact) mass is 466 g/mol. The molecule has 0 aromatic carbocycles. The number of carbonyl (C=O) groups excluding carboxylic acids is 2. The average molecular weight is 467 g/mol. The highest BCUT2D eigenvalue weighted by Gasteiger charge is 2.27. The molecule has 3 heterocycles. The highest BCUT2D eigenvalue weighted by molar-refractivity contribution is 5.82. The Morgan fingerprint density at radius 2 is 1.82 bits per heavy atom. The van der Waals surface area contributed by atoms with Gasteiger partial charge in [-0.1, -0.05) is 13.8 Å². The molecule has 1 fully saturated rings. The second-order valence-electron chi connectivity index (χ2n) is 9.98. The van der Waals surface area contributed by atoms with Gasteiger partial charge in [-0.25, -0.2) is 0 Å². The number of carbonyl (C=O) groups is 2. The topological polar surface area (TPSA) is 84.3 Å². The zero-order valence-electron chi connectivity index (χ0n) is 21.1. The van der Waals surface area contributed by atoms with Crippen LogP contribution in [0.25, 0.3) is 0 Å². The summed E-state index contributed by atoms with van der Waals surface area (Å²) in [4.78, 5) is 45.3. The first-order valence-electron chi connectivity index (χ1n) is 12.4. The van der Waals surface area contributed by atoms with Crippen molar-refractivity contribution in [2.75, 3.05) is 18.0 Å². The molecular formula is C27H38N4O3. The predicted molar refractivity (Wildman–Crippen MR) is 135 cm³/mol. The summed E-state index contributed by atoms with van der Waals surface area (Å²) < 4.78 is 1.50. The molecule has 3 rings (SSSR count). The lowest BCUT2D eigenvalue weighted by molar-refractivity contribution is -0.126. The Balaban J connectivity index is 1.92. The first-order valence-corrected chi connectivity index (χ1v) is 12.4. The van der Waals surface area contributed by atoms with Crippen LogP contribution >= 0.6 is 0 Å². The van der Waals surface area contributed by atoms with Gasteiger partial charge in [0.2, 0.25) is 5.91 Å². The number of pyridine rings is 2. The highest BCUT2D eigenvalue weighted by Crippen LogP contribution is 2.28. The minimum absolute atomic E-state index is 0.0155. The Hall–Kier alpha value is -2.96. The van der Waals surface area contributed by atoms with E-state index >= 15 is 0 Å². The lowest BCUT2D eigenvalue weighted by atomic mass is 9.99. The van der Waals surface area contributed by atoms with Crippen molar-refractivity contribution < 1.29 is 9.59 Å². The molecule has 2 aromatic heterocycles. The molecular weight excluding hydrogens is 428 g/mol. The van der Waals surface area contributed by atoms with Crippen molar-refractivity contribution in [3.8, 4) is 0 Å². The molecule has 34 heavy (non-hydrogen) atoms. The SMILES string of the molecule is CC(=O)C[C@H](NC(=O)C(CC(C)C)n1ccc(C)cc1=O)c1cnc(C)c(N2CCCCC2)c1. The number of piperidine rings is 1. The molecule has 1 unspecified atom stereocenters. The van der Waals surface area contributed by atoms with E-state index in [0.29, 0.717) is 6.42 Å². The number of Topliss-reactive ketones (excluding diaryl/α,β-unsaturated/α-hetero) is 1. The second kappa shape index (κ2) is 11.4. The van der Waals surface area contributed by atoms with Gasteiger partial charge in [0, 0.05) is 38.0 Å². The third kappa shape index (κ3) is 6.55. The van der Waals surface area contributed by atoms with Gasteiger partial charge in [-0.2, -0.15) is 0 Å². The molecule has 1 aliphatic heterocycles. The maximum atomic E-state index is 13.5. The summed E-state index contributed by atoms with van der Waals surface area (Å²) in [6.07, 6.45) is 7.68. The molecule has 0 saturated carbocycles. The van der Waals surface area contributed by atoms with Crippen LogP contribution in [-0.2, 0) is 9.59 Å². The molecule has 0 spiro atoms. The zero-order chi connectivity index (χ0) is 24.8. The van der Waals surface area contributed by atoms with Crippen LogP contribution in [0, 0.1) is 19.8 Å². The number of hydrogen-bond donors (Lipinski definition) is 1. The van der Waals surface area contributed by atoms with Crippen LogP contribution in [0.3, 0.4) is 0 Å². The minimum atomic E-state index is -0.650. The van der Waals surface area contributed by atoms with Gasteiger partial charge in [0.15, 0.2) is 0 Å². The van der Waals surface area contributed by atoms with Gasteiger partial charge < -0.3 is 14.8 Å². The number of aromatic nitrogens is 2. The predicted octanol–water partition coefficient (Wildman–Crippen LogP) is 4.27. The number of nitrogens with zero attached hydrogens (tertiary/aromatic N) is 3. The smallest absolute Gasteiger partial charge is 0.251 e. The van der Waals surface area contributed by atoms with Crippen molar-refractivity contribution >= 4 is 17.4 Å². The van der Waals surface area contributed by atoms with Crippen molar-refractivity contribution in [1.82, 2.24) is 14.9 Å². The zero-order valence-corrected chi connectivity index (χ0v) is 21.1. The number of aryl methyl sites for hydroxylation is 2. The molecule has 7 nitrogen and oxygen atoms in total. The second-order valence-corrected chi connectivity index (χ2v) is 9.98. The van der Waals surface area contributed by atoms with Gasteiger partial charge in [0.1, 0.15) is 11.8 Å². The summed E-state index contributed by atoms with van der Waals surface area (Å²) in [6, 6.07) is 4.29. The maximum Gasteiger partial charge on any atom is 0.251 e. The largest absolute Gasteiger partial charge is 0.370 e. The summed E-state index contributed by atoms with van der Waals surface area (Å²) in [7, 11) is 0. The standard InChI is InChI=1S/C27H38N4O3/c1-18(2)13-25(31-12-9-19(3)14-26(31)33)27(34)29-23(15-20(4)32)22-16-24(21(5)28-17-22)30-10-7-6-8-11-30/h9,12,14,16-18,23,25H,6-8,10-11,13,15H2,1-5H3,(H,29,34)/t23-,25?/m0/s1. The third-order valence-corrected chi connectivity index (χ3v) is 6.43. The molecule has 0 bridgehead atoms. The number of amides is 1. The van der Waals surface area contributed by atoms with E-state index in [9.17, 15) is 14.4 Å². The van der Waals surface area contributed by atoms with Crippen LogP contribution in [0.15, 0.2) is 35.4 Å². The molecule has 0 aliphatic carbocycles. The number of anilines is 1. The fraction of sp³-hybridized carbons (Fsp3) is 0.556. The fourth-order valence-corrected chi connectivity index (χ4v) is 4.63. The molecule has 1 amide bonds. The fourth-order valence-electron chi connectivity index (χ4n) is 4.63. The number of ketones is 1. The quantitative estimate of drug-likeness (QED) is 0.596. The van der Waals surface area contributed by atoms with E-state index in [1.165, 1.54) is 17.9 Å². The molecule has 7 heteroatoms. The van der Waals surface area contributed by atoms with Crippen LogP contribution in [0.2, 0.25) is 0 Å². The van der Waals surface area contributed by atoms with Crippen molar-refractivity contribution in [2.24, 2.45) is 5.92 Å². The molecule has 1 saturated heterocycles. The maximum absolute atomic E-state index is 13.5. The molecule has 1 aliphatic rings. The van der Waals surface area contributed by atoms with E-state index in [-0.39, 0.29) is 29.6 Å². The van der Waals surface area contributed by atoms with Gasteiger partial charge in [-0.3, -0.25) is 19.4 Å². The Labute approximate surface area is 202 Å². The van der Waals surface area contributed by atoms with Crippen molar-refractivity contribution in [2.45, 2.75) is 78.8 Å². The average Bonchev–Trinajstić information content (AvgIpc) is 2.78. The summed E-state index contributed by atoms with van der Waals surface area (Å²) in [6.45, 7) is 11.4. The van der Waals surface area contributed by atoms with Crippen molar-refractivity contribution in [3.05, 3.63) is 57.8 Å². The normalized spacial score (nSPS) is 15.8. The first kappa shape index (κ1) is 25.7. The Morgan fingerprint density at radius 3 is 2.44 bits per heavy atom. The molecule has 1 N–H and O–H groups in total. The minimum Gasteiger partial charge on any atom is -0.370 e. The van der Waals surface area contributed by atoms with Crippen LogP contribution in [0.4, 0.5) is 5.69 Å². The van der Waals surface area contributed by atoms with E-state index in [4.69, 9.17) is 0 Å². The summed E-state index contributed by atoms with van der Waals surface area (Å²) in [5.74, 6) is -0.0636. The van der Waals surface area contributed by atoms with Gasteiger partial charge >= 0.3 is 0 Å². The van der Waals surface area contributed by atoms with E-state index in [1.807, 2.05) is 33.8 Å². The Morgan fingerprint density at radius 1 is 1.12 bits per heavy atom. The lowest BCUT2D eigenvalue weighted by Crippen LogP contribution is -2.40. The van der Waals surface area contributed by atoms with Gasteiger partial charge in [0.25, 0.3) is 5.56 Å². The first-order chi connectivity index (χ1) is 16.2. The van der Waals surface area contributed by atoms with Crippen molar-refractivity contribution in [1.29, 1.82) is 0 Å². The van der Waals surface area contributed by atoms with Crippen LogP contribution < -0.4 is 15.8 Å². The van der Waals surface area contributed by atoms with Crippen molar-refractivity contribution in [3.63, 3.8) is 0 Å². The van der Waals surface area contributed by atoms with E-state index < -0.39 is 12.1 Å². The number of rotatable bonds is 9. The summed E-state index contributed by atoms with van der Waals surface area (Å²) >= 11 is 0. The third-order valence-electron chi connectivity index (χ3n) is 6.43. The van der Waals surface area contributed by atoms with E-state index in [0.717, 1.165) is 48.4 Å². The highest BCUT2D eigenvalue weighted by atomic mass is 16.2. The summed E-state index contributed by atoms with van der Waals surface area (Å²) in [5, 5.41) is 3.08. The van der Waals surface area contributed by atoms with Gasteiger partial charge in [0.05, 0.1) is 17.4 Å². The van der Waals surface area contributed by atoms with Gasteiger partial charge in [-0.15, -0.1) is 0 Å². The molecule has 2 atom stereocenters. The van der Waals surface area contributed by atoms with E-state index in [2.05, 4.69) is 21.3 Å². The molecule has 0 radical (unpaired) electrons. The molecule has 2 aromatic rings. The van der Waals surface area contributed by atoms with Crippen LogP contribution in [-0.4, -0.2) is 34.3 Å². The van der Waals surface area contributed by atoms with Crippen LogP contribution in [0.5, 0.6) is 0 Å². The molecule has 184 valence electrons. The number of nitrogens with one attached hydrogen (secondary N) is 1. The van der Waals surface area contributed by atoms with E-state index in [1.54, 1.807) is 18.5 Å². The lowest BCUT2D eigenvalue weighted by Gasteiger charge is -2.31. The Kier molecular flexibility index (Phi) is 8.64.